The first-order valence-electron chi connectivity index (χ1n) is 7.78. The Hall–Kier alpha value is -1.51. The first-order valence-corrected chi connectivity index (χ1v) is 7.78. The van der Waals surface area contributed by atoms with Gasteiger partial charge < -0.3 is 9.84 Å². The van der Waals surface area contributed by atoms with E-state index in [-0.39, 0.29) is 22.5 Å². The van der Waals surface area contributed by atoms with Gasteiger partial charge in [0.05, 0.1) is 5.41 Å². The Labute approximate surface area is 134 Å². The Kier molecular flexibility index (Phi) is 5.01. The molecule has 3 heteroatoms. The van der Waals surface area contributed by atoms with Crippen LogP contribution in [-0.4, -0.2) is 11.1 Å². The highest BCUT2D eigenvalue weighted by atomic mass is 16.5. The van der Waals surface area contributed by atoms with Gasteiger partial charge in [0.25, 0.3) is 0 Å². The van der Waals surface area contributed by atoms with E-state index in [1.807, 2.05) is 20.8 Å². The molecule has 0 aromatic heterocycles. The van der Waals surface area contributed by atoms with E-state index in [0.29, 0.717) is 5.75 Å². The van der Waals surface area contributed by atoms with Gasteiger partial charge in [-0.2, -0.15) is 0 Å². The summed E-state index contributed by atoms with van der Waals surface area (Å²) in [7, 11) is 0. The van der Waals surface area contributed by atoms with Gasteiger partial charge in [-0.25, -0.2) is 0 Å². The van der Waals surface area contributed by atoms with Gasteiger partial charge in [0, 0.05) is 5.56 Å². The van der Waals surface area contributed by atoms with E-state index in [0.717, 1.165) is 12.0 Å². The molecule has 0 aliphatic heterocycles. The Balaban J connectivity index is 3.12. The Morgan fingerprint density at radius 3 is 2.05 bits per heavy atom. The molecule has 1 N–H and O–H groups in total. The van der Waals surface area contributed by atoms with E-state index in [1.165, 1.54) is 0 Å². The van der Waals surface area contributed by atoms with E-state index >= 15 is 0 Å². The molecule has 1 aromatic rings. The first-order chi connectivity index (χ1) is 9.72. The summed E-state index contributed by atoms with van der Waals surface area (Å²) in [4.78, 5) is 12.0. The quantitative estimate of drug-likeness (QED) is 0.627. The largest absolute Gasteiger partial charge is 0.508 e. The fourth-order valence-corrected chi connectivity index (χ4v) is 2.80. The minimum Gasteiger partial charge on any atom is -0.508 e. The zero-order chi connectivity index (χ0) is 17.3. The van der Waals surface area contributed by atoms with Crippen LogP contribution in [-0.2, 0) is 10.2 Å². The van der Waals surface area contributed by atoms with E-state index in [2.05, 4.69) is 34.6 Å². The normalized spacial score (nSPS) is 13.1. The van der Waals surface area contributed by atoms with Crippen molar-refractivity contribution in [2.45, 2.75) is 67.2 Å². The second-order valence-electron chi connectivity index (χ2n) is 8.94. The third-order valence-electron chi connectivity index (χ3n) is 3.49. The molecule has 1 aromatic carbocycles. The van der Waals surface area contributed by atoms with Crippen LogP contribution in [0.15, 0.2) is 18.2 Å². The number of hydrogen-bond acceptors (Lipinski definition) is 3. The van der Waals surface area contributed by atoms with Gasteiger partial charge in [-0.1, -0.05) is 34.6 Å². The van der Waals surface area contributed by atoms with Crippen molar-refractivity contribution in [3.8, 4) is 11.5 Å². The number of carbonyl (C=O) groups excluding carboxylic acids is 1. The van der Waals surface area contributed by atoms with Crippen molar-refractivity contribution in [1.82, 2.24) is 0 Å². The molecule has 124 valence electrons. The number of carbonyl (C=O) groups is 1. The van der Waals surface area contributed by atoms with Crippen molar-refractivity contribution in [2.75, 3.05) is 0 Å². The second-order valence-corrected chi connectivity index (χ2v) is 8.94. The topological polar surface area (TPSA) is 46.5 Å². The van der Waals surface area contributed by atoms with Crippen molar-refractivity contribution in [1.29, 1.82) is 0 Å². The number of phenols is 1. The minimum absolute atomic E-state index is 0.133. The lowest BCUT2D eigenvalue weighted by Crippen LogP contribution is -2.27. The number of ether oxygens (including phenoxy) is 1. The van der Waals surface area contributed by atoms with Crippen molar-refractivity contribution in [2.24, 2.45) is 10.8 Å². The molecule has 1 rings (SSSR count). The Bertz CT molecular complexity index is 543. The lowest BCUT2D eigenvalue weighted by molar-refractivity contribution is -0.143. The average molecular weight is 306 g/mol. The maximum atomic E-state index is 12.0. The standard InChI is InChI=1S/C19H30O3/c1-17(2,3)12-19(7,8)14-11-13(9-10-15(14)20)22-16(21)18(4,5)6/h9-11,20H,12H2,1-8H3. The number of phenolic OH excluding ortho intramolecular Hbond substituents is 1. The fraction of sp³-hybridized carbons (Fsp3) is 0.632. The van der Waals surface area contributed by atoms with Crippen molar-refractivity contribution >= 4 is 5.97 Å². The summed E-state index contributed by atoms with van der Waals surface area (Å²) in [5, 5.41) is 10.2. The zero-order valence-corrected chi connectivity index (χ0v) is 15.2. The minimum atomic E-state index is -0.557. The summed E-state index contributed by atoms with van der Waals surface area (Å²) >= 11 is 0. The van der Waals surface area contributed by atoms with Crippen molar-refractivity contribution in [3.63, 3.8) is 0 Å². The van der Waals surface area contributed by atoms with Crippen LogP contribution in [0.2, 0.25) is 0 Å². The summed E-state index contributed by atoms with van der Waals surface area (Å²) in [6.45, 7) is 16.2. The van der Waals surface area contributed by atoms with Crippen LogP contribution >= 0.6 is 0 Å². The summed E-state index contributed by atoms with van der Waals surface area (Å²) in [6, 6.07) is 5.02. The van der Waals surface area contributed by atoms with Crippen LogP contribution in [0.25, 0.3) is 0 Å². The molecule has 0 amide bonds. The molecule has 0 unspecified atom stereocenters. The second kappa shape index (κ2) is 5.94. The molecule has 0 heterocycles. The van der Waals surface area contributed by atoms with Crippen molar-refractivity contribution < 1.29 is 14.6 Å². The van der Waals surface area contributed by atoms with Gasteiger partial charge in [0.2, 0.25) is 0 Å². The first kappa shape index (κ1) is 18.5. The van der Waals surface area contributed by atoms with Crippen LogP contribution in [0, 0.1) is 10.8 Å². The predicted octanol–water partition coefficient (Wildman–Crippen LogP) is 5.06. The fourth-order valence-electron chi connectivity index (χ4n) is 2.80. The molecule has 0 spiro atoms. The highest BCUT2D eigenvalue weighted by Crippen LogP contribution is 2.41. The third-order valence-corrected chi connectivity index (χ3v) is 3.49. The van der Waals surface area contributed by atoms with Gasteiger partial charge >= 0.3 is 5.97 Å². The van der Waals surface area contributed by atoms with Gasteiger partial charge in [-0.3, -0.25) is 4.79 Å². The molecule has 0 bridgehead atoms. The number of aromatic hydroxyl groups is 1. The third kappa shape index (κ3) is 5.04. The molecule has 0 saturated heterocycles. The number of rotatable bonds is 3. The number of esters is 1. The molecule has 0 atom stereocenters. The molecule has 3 nitrogen and oxygen atoms in total. The van der Waals surface area contributed by atoms with Gasteiger partial charge in [-0.05, 0) is 56.2 Å². The van der Waals surface area contributed by atoms with E-state index in [1.54, 1.807) is 18.2 Å². The molecule has 0 aliphatic carbocycles. The maximum absolute atomic E-state index is 12.0. The number of hydrogen-bond donors (Lipinski definition) is 1. The molecule has 0 aliphatic rings. The monoisotopic (exact) mass is 306 g/mol. The smallest absolute Gasteiger partial charge is 0.316 e. The van der Waals surface area contributed by atoms with Gasteiger partial charge in [-0.15, -0.1) is 0 Å². The Morgan fingerprint density at radius 1 is 1.05 bits per heavy atom. The molecule has 0 saturated carbocycles. The van der Waals surface area contributed by atoms with Crippen molar-refractivity contribution in [3.05, 3.63) is 23.8 Å². The summed E-state index contributed by atoms with van der Waals surface area (Å²) in [6.07, 6.45) is 0.907. The van der Waals surface area contributed by atoms with Crippen LogP contribution in [0.1, 0.15) is 67.4 Å². The SMILES string of the molecule is CC(C)(C)CC(C)(C)c1cc(OC(=O)C(C)(C)C)ccc1O. The summed E-state index contributed by atoms with van der Waals surface area (Å²) in [5.41, 5.74) is 0.168. The molecular formula is C19H30O3. The number of benzene rings is 1. The molecule has 0 radical (unpaired) electrons. The summed E-state index contributed by atoms with van der Waals surface area (Å²) < 4.78 is 5.45. The van der Waals surface area contributed by atoms with E-state index in [9.17, 15) is 9.90 Å². The van der Waals surface area contributed by atoms with Crippen LogP contribution < -0.4 is 4.74 Å². The Morgan fingerprint density at radius 2 is 1.59 bits per heavy atom. The highest BCUT2D eigenvalue weighted by Gasteiger charge is 2.30. The van der Waals surface area contributed by atoms with Crippen LogP contribution in [0.4, 0.5) is 0 Å². The molecule has 0 fully saturated rings. The van der Waals surface area contributed by atoms with Crippen LogP contribution in [0.5, 0.6) is 11.5 Å². The average Bonchev–Trinajstić information content (AvgIpc) is 2.26. The molecule has 22 heavy (non-hydrogen) atoms. The van der Waals surface area contributed by atoms with Gasteiger partial charge in [0.1, 0.15) is 11.5 Å². The van der Waals surface area contributed by atoms with Crippen LogP contribution in [0.3, 0.4) is 0 Å². The predicted molar refractivity (Wildman–Crippen MR) is 90.3 cm³/mol. The van der Waals surface area contributed by atoms with E-state index in [4.69, 9.17) is 4.74 Å². The zero-order valence-electron chi connectivity index (χ0n) is 15.2. The lowest BCUT2D eigenvalue weighted by atomic mass is 9.72. The lowest BCUT2D eigenvalue weighted by Gasteiger charge is -2.33. The van der Waals surface area contributed by atoms with E-state index < -0.39 is 5.41 Å². The maximum Gasteiger partial charge on any atom is 0.316 e. The summed E-state index contributed by atoms with van der Waals surface area (Å²) in [5.74, 6) is 0.442. The molecular weight excluding hydrogens is 276 g/mol. The van der Waals surface area contributed by atoms with Gasteiger partial charge in [0.15, 0.2) is 0 Å². The highest BCUT2D eigenvalue weighted by molar-refractivity contribution is 5.78.